The number of piperazine rings is 1. The molecule has 0 unspecified atom stereocenters. The zero-order valence-corrected chi connectivity index (χ0v) is 12.9. The van der Waals surface area contributed by atoms with Crippen molar-refractivity contribution in [1.29, 1.82) is 0 Å². The monoisotopic (exact) mass is 278 g/mol. The number of methoxy groups -OCH3 is 2. The van der Waals surface area contributed by atoms with Gasteiger partial charge in [0, 0.05) is 32.2 Å². The first kappa shape index (κ1) is 15.1. The second kappa shape index (κ2) is 7.50. The summed E-state index contributed by atoms with van der Waals surface area (Å²) in [6, 6.07) is 6.13. The Balaban J connectivity index is 1.81. The fourth-order valence-electron chi connectivity index (χ4n) is 2.59. The van der Waals surface area contributed by atoms with Crippen LogP contribution in [-0.2, 0) is 6.42 Å². The molecule has 1 saturated heterocycles. The molecule has 0 N–H and O–H groups in total. The second-order valence-electron chi connectivity index (χ2n) is 5.47. The van der Waals surface area contributed by atoms with Crippen LogP contribution in [0.25, 0.3) is 0 Å². The molecule has 1 aromatic rings. The summed E-state index contributed by atoms with van der Waals surface area (Å²) in [5.41, 5.74) is 1.29. The Hall–Kier alpha value is -1.26. The molecular formula is C16H26N2O2. The van der Waals surface area contributed by atoms with Crippen molar-refractivity contribution in [3.05, 3.63) is 23.8 Å². The van der Waals surface area contributed by atoms with Gasteiger partial charge in [-0.05, 0) is 44.1 Å². The summed E-state index contributed by atoms with van der Waals surface area (Å²) in [4.78, 5) is 4.95. The van der Waals surface area contributed by atoms with Gasteiger partial charge < -0.3 is 19.3 Å². The van der Waals surface area contributed by atoms with Crippen molar-refractivity contribution in [2.24, 2.45) is 0 Å². The van der Waals surface area contributed by atoms with E-state index in [-0.39, 0.29) is 0 Å². The third-order valence-electron chi connectivity index (χ3n) is 3.95. The standard InChI is InChI=1S/C16H26N2O2/c1-17-7-9-18(10-8-17)6-4-5-14-11-15(19-2)13-16(12-14)20-3/h11-13H,4-10H2,1-3H3. The molecule has 0 aliphatic carbocycles. The minimum absolute atomic E-state index is 0.874. The van der Waals surface area contributed by atoms with Crippen molar-refractivity contribution in [2.45, 2.75) is 12.8 Å². The van der Waals surface area contributed by atoms with Crippen LogP contribution in [0.5, 0.6) is 11.5 Å². The van der Waals surface area contributed by atoms with Crippen LogP contribution in [0.1, 0.15) is 12.0 Å². The molecule has 20 heavy (non-hydrogen) atoms. The van der Waals surface area contributed by atoms with Crippen molar-refractivity contribution in [2.75, 3.05) is 54.0 Å². The summed E-state index contributed by atoms with van der Waals surface area (Å²) in [5, 5.41) is 0. The van der Waals surface area contributed by atoms with Crippen molar-refractivity contribution in [1.82, 2.24) is 9.80 Å². The van der Waals surface area contributed by atoms with E-state index in [9.17, 15) is 0 Å². The van der Waals surface area contributed by atoms with Gasteiger partial charge in [0.15, 0.2) is 0 Å². The van der Waals surface area contributed by atoms with Crippen LogP contribution in [0, 0.1) is 0 Å². The highest BCUT2D eigenvalue weighted by atomic mass is 16.5. The minimum atomic E-state index is 0.874. The van der Waals surface area contributed by atoms with Crippen LogP contribution in [0.4, 0.5) is 0 Å². The van der Waals surface area contributed by atoms with Crippen LogP contribution >= 0.6 is 0 Å². The predicted octanol–water partition coefficient (Wildman–Crippen LogP) is 1.88. The molecule has 4 nitrogen and oxygen atoms in total. The van der Waals surface area contributed by atoms with Gasteiger partial charge in [-0.1, -0.05) is 0 Å². The summed E-state index contributed by atoms with van der Waals surface area (Å²) in [5.74, 6) is 1.75. The van der Waals surface area contributed by atoms with Crippen LogP contribution in [-0.4, -0.2) is 63.8 Å². The summed E-state index contributed by atoms with van der Waals surface area (Å²) >= 11 is 0. The van der Waals surface area contributed by atoms with E-state index in [1.807, 2.05) is 6.07 Å². The summed E-state index contributed by atoms with van der Waals surface area (Å²) in [7, 11) is 5.59. The van der Waals surface area contributed by atoms with Gasteiger partial charge in [-0.3, -0.25) is 0 Å². The van der Waals surface area contributed by atoms with Gasteiger partial charge in [-0.15, -0.1) is 0 Å². The van der Waals surface area contributed by atoms with E-state index in [4.69, 9.17) is 9.47 Å². The number of nitrogens with zero attached hydrogens (tertiary/aromatic N) is 2. The maximum absolute atomic E-state index is 5.31. The van der Waals surface area contributed by atoms with Gasteiger partial charge >= 0.3 is 0 Å². The van der Waals surface area contributed by atoms with Gasteiger partial charge in [0.25, 0.3) is 0 Å². The van der Waals surface area contributed by atoms with Crippen molar-refractivity contribution in [3.8, 4) is 11.5 Å². The molecule has 2 rings (SSSR count). The van der Waals surface area contributed by atoms with E-state index in [0.29, 0.717) is 0 Å². The predicted molar refractivity (Wildman–Crippen MR) is 81.8 cm³/mol. The topological polar surface area (TPSA) is 24.9 Å². The number of likely N-dealkylation sites (N-methyl/N-ethyl adjacent to an activating group) is 1. The van der Waals surface area contributed by atoms with Crippen LogP contribution in [0.3, 0.4) is 0 Å². The van der Waals surface area contributed by atoms with Crippen LogP contribution in [0.2, 0.25) is 0 Å². The molecule has 1 fully saturated rings. The maximum atomic E-state index is 5.31. The fraction of sp³-hybridized carbons (Fsp3) is 0.625. The third-order valence-corrected chi connectivity index (χ3v) is 3.95. The quantitative estimate of drug-likeness (QED) is 0.793. The average Bonchev–Trinajstić information content (AvgIpc) is 2.49. The van der Waals surface area contributed by atoms with Gasteiger partial charge in [0.2, 0.25) is 0 Å². The molecular weight excluding hydrogens is 252 g/mol. The molecule has 0 bridgehead atoms. The normalized spacial score (nSPS) is 17.1. The third kappa shape index (κ3) is 4.39. The van der Waals surface area contributed by atoms with E-state index < -0.39 is 0 Å². The minimum Gasteiger partial charge on any atom is -0.497 e. The SMILES string of the molecule is COc1cc(CCCN2CCN(C)CC2)cc(OC)c1. The second-order valence-corrected chi connectivity index (χ2v) is 5.47. The van der Waals surface area contributed by atoms with Gasteiger partial charge in [-0.2, -0.15) is 0 Å². The molecule has 0 aromatic heterocycles. The molecule has 1 aromatic carbocycles. The average molecular weight is 278 g/mol. The Morgan fingerprint density at radius 2 is 1.55 bits per heavy atom. The van der Waals surface area contributed by atoms with Crippen molar-refractivity contribution in [3.63, 3.8) is 0 Å². The molecule has 1 aliphatic heterocycles. The highest BCUT2D eigenvalue weighted by molar-refractivity contribution is 5.38. The van der Waals surface area contributed by atoms with Crippen molar-refractivity contribution < 1.29 is 9.47 Å². The van der Waals surface area contributed by atoms with E-state index in [1.54, 1.807) is 14.2 Å². The smallest absolute Gasteiger partial charge is 0.122 e. The number of aryl methyl sites for hydroxylation is 1. The molecule has 4 heteroatoms. The molecule has 1 heterocycles. The first-order chi connectivity index (χ1) is 9.71. The first-order valence-electron chi connectivity index (χ1n) is 7.34. The molecule has 0 atom stereocenters. The maximum Gasteiger partial charge on any atom is 0.122 e. The molecule has 1 aliphatic rings. The van der Waals surface area contributed by atoms with Gasteiger partial charge in [0.1, 0.15) is 11.5 Å². The number of hydrogen-bond donors (Lipinski definition) is 0. The molecule has 0 amide bonds. The van der Waals surface area contributed by atoms with E-state index in [0.717, 1.165) is 17.9 Å². The lowest BCUT2D eigenvalue weighted by molar-refractivity contribution is 0.153. The molecule has 0 spiro atoms. The van der Waals surface area contributed by atoms with E-state index >= 15 is 0 Å². The number of ether oxygens (including phenoxy) is 2. The Kier molecular flexibility index (Phi) is 5.68. The Bertz CT molecular complexity index is 393. The lowest BCUT2D eigenvalue weighted by atomic mass is 10.1. The Morgan fingerprint density at radius 3 is 2.10 bits per heavy atom. The highest BCUT2D eigenvalue weighted by Crippen LogP contribution is 2.23. The molecule has 112 valence electrons. The number of benzene rings is 1. The van der Waals surface area contributed by atoms with Crippen LogP contribution < -0.4 is 9.47 Å². The Labute approximate surface area is 122 Å². The fourth-order valence-corrected chi connectivity index (χ4v) is 2.59. The van der Waals surface area contributed by atoms with E-state index in [2.05, 4.69) is 29.0 Å². The number of rotatable bonds is 6. The summed E-state index contributed by atoms with van der Waals surface area (Å²) < 4.78 is 10.6. The zero-order chi connectivity index (χ0) is 14.4. The van der Waals surface area contributed by atoms with Gasteiger partial charge in [-0.25, -0.2) is 0 Å². The highest BCUT2D eigenvalue weighted by Gasteiger charge is 2.13. The summed E-state index contributed by atoms with van der Waals surface area (Å²) in [6.07, 6.45) is 2.25. The number of hydrogen-bond acceptors (Lipinski definition) is 4. The molecule has 0 saturated carbocycles. The Morgan fingerprint density at radius 1 is 0.950 bits per heavy atom. The van der Waals surface area contributed by atoms with Gasteiger partial charge in [0.05, 0.1) is 14.2 Å². The first-order valence-corrected chi connectivity index (χ1v) is 7.34. The van der Waals surface area contributed by atoms with Crippen molar-refractivity contribution >= 4 is 0 Å². The van der Waals surface area contributed by atoms with E-state index in [1.165, 1.54) is 44.7 Å². The lowest BCUT2D eigenvalue weighted by Gasteiger charge is -2.32. The largest absolute Gasteiger partial charge is 0.497 e. The lowest BCUT2D eigenvalue weighted by Crippen LogP contribution is -2.44. The van der Waals surface area contributed by atoms with Crippen LogP contribution in [0.15, 0.2) is 18.2 Å². The molecule has 0 radical (unpaired) electrons. The summed E-state index contributed by atoms with van der Waals surface area (Å²) in [6.45, 7) is 5.93. The zero-order valence-electron chi connectivity index (χ0n) is 12.9.